The van der Waals surface area contributed by atoms with Gasteiger partial charge in [-0.05, 0) is 64.2 Å². The first kappa shape index (κ1) is 78.1. The average molecular weight is 1130 g/mol. The predicted octanol–water partition coefficient (Wildman–Crippen LogP) is 24.7. The van der Waals surface area contributed by atoms with Crippen LogP contribution in [0.2, 0.25) is 0 Å². The van der Waals surface area contributed by atoms with Gasteiger partial charge in [-0.25, -0.2) is 0 Å². The zero-order valence-electron chi connectivity index (χ0n) is 54.3. The van der Waals surface area contributed by atoms with Gasteiger partial charge in [-0.1, -0.05) is 358 Å². The van der Waals surface area contributed by atoms with E-state index in [-0.39, 0.29) is 31.1 Å². The molecule has 1 atom stereocenters. The second-order valence-corrected chi connectivity index (χ2v) is 24.1. The van der Waals surface area contributed by atoms with E-state index in [1.807, 2.05) is 0 Å². The molecule has 6 nitrogen and oxygen atoms in total. The van der Waals surface area contributed by atoms with Gasteiger partial charge in [0.05, 0.1) is 0 Å². The molecule has 0 aromatic heterocycles. The Balaban J connectivity index is 3.90. The molecule has 0 aromatic carbocycles. The lowest BCUT2D eigenvalue weighted by Crippen LogP contribution is -2.30. The van der Waals surface area contributed by atoms with Gasteiger partial charge in [-0.15, -0.1) is 0 Å². The number of hydrogen-bond acceptors (Lipinski definition) is 6. The largest absolute Gasteiger partial charge is 0.462 e. The van der Waals surface area contributed by atoms with Gasteiger partial charge < -0.3 is 14.2 Å². The van der Waals surface area contributed by atoms with Crippen LogP contribution in [-0.2, 0) is 28.6 Å². The van der Waals surface area contributed by atoms with Crippen LogP contribution in [0.15, 0.2) is 60.8 Å². The summed E-state index contributed by atoms with van der Waals surface area (Å²) in [5, 5.41) is 0. The van der Waals surface area contributed by atoms with Crippen LogP contribution in [0, 0.1) is 0 Å². The number of allylic oxidation sites excluding steroid dienone is 10. The molecular weight excluding hydrogens is 997 g/mol. The summed E-state index contributed by atoms with van der Waals surface area (Å²) in [5.74, 6) is -0.883. The van der Waals surface area contributed by atoms with E-state index in [0.717, 1.165) is 103 Å². The molecule has 0 bridgehead atoms. The third-order valence-corrected chi connectivity index (χ3v) is 16.0. The van der Waals surface area contributed by atoms with Crippen LogP contribution in [0.5, 0.6) is 0 Å². The van der Waals surface area contributed by atoms with Gasteiger partial charge >= 0.3 is 17.9 Å². The van der Waals surface area contributed by atoms with E-state index in [2.05, 4.69) is 81.5 Å². The number of carbonyl (C=O) groups is 3. The summed E-state index contributed by atoms with van der Waals surface area (Å²) in [6.07, 6.45) is 90.4. The minimum atomic E-state index is -0.776. The summed E-state index contributed by atoms with van der Waals surface area (Å²) in [6.45, 7) is 6.49. The van der Waals surface area contributed by atoms with Gasteiger partial charge in [0, 0.05) is 19.3 Å². The summed E-state index contributed by atoms with van der Waals surface area (Å²) in [5.41, 5.74) is 0. The molecule has 81 heavy (non-hydrogen) atoms. The van der Waals surface area contributed by atoms with Crippen molar-refractivity contribution < 1.29 is 28.6 Å². The van der Waals surface area contributed by atoms with Crippen molar-refractivity contribution in [2.24, 2.45) is 0 Å². The Bertz CT molecular complexity index is 1440. The number of rotatable bonds is 66. The second-order valence-electron chi connectivity index (χ2n) is 24.1. The predicted molar refractivity (Wildman–Crippen MR) is 353 cm³/mol. The highest BCUT2D eigenvalue weighted by molar-refractivity contribution is 5.71. The van der Waals surface area contributed by atoms with E-state index in [9.17, 15) is 14.4 Å². The molecule has 0 aliphatic rings. The molecule has 0 aliphatic heterocycles. The van der Waals surface area contributed by atoms with E-state index < -0.39 is 6.10 Å². The standard InChI is InChI=1S/C75H136O6/c1-4-7-10-13-15-17-19-21-23-25-27-29-31-32-33-34-35-36-37-38-39-40-41-42-44-45-47-49-51-53-55-57-59-62-65-68-74(77)80-71-72(70-79-73(76)67-64-61-12-9-6-3)81-75(78)69-66-63-60-58-56-54-52-50-48-46-43-30-28-26-24-22-20-18-16-14-11-8-5-2/h8,11,16,18,22,24,28,30,46,48,72H,4-7,9-10,12-15,17,19-21,23,25-27,29,31-45,47,49-71H2,1-3H3/b11-8-,18-16-,24-22-,30-28-,48-46-. The van der Waals surface area contributed by atoms with Crippen LogP contribution in [0.4, 0.5) is 0 Å². The lowest BCUT2D eigenvalue weighted by molar-refractivity contribution is -0.167. The fourth-order valence-corrected chi connectivity index (χ4v) is 10.7. The third kappa shape index (κ3) is 67.8. The van der Waals surface area contributed by atoms with Gasteiger partial charge in [0.25, 0.3) is 0 Å². The van der Waals surface area contributed by atoms with Gasteiger partial charge in [0.2, 0.25) is 0 Å². The molecule has 0 aliphatic carbocycles. The van der Waals surface area contributed by atoms with Crippen LogP contribution < -0.4 is 0 Å². The molecule has 0 radical (unpaired) electrons. The van der Waals surface area contributed by atoms with E-state index in [0.29, 0.717) is 19.3 Å². The highest BCUT2D eigenvalue weighted by atomic mass is 16.6. The zero-order chi connectivity index (χ0) is 58.5. The van der Waals surface area contributed by atoms with E-state index in [1.165, 1.54) is 238 Å². The number of ether oxygens (including phenoxy) is 3. The first-order valence-corrected chi connectivity index (χ1v) is 35.8. The normalized spacial score (nSPS) is 12.4. The quantitative estimate of drug-likeness (QED) is 0.0261. The molecule has 0 saturated heterocycles. The number of esters is 3. The molecule has 0 amide bonds. The smallest absolute Gasteiger partial charge is 0.306 e. The van der Waals surface area contributed by atoms with E-state index in [1.54, 1.807) is 0 Å². The third-order valence-electron chi connectivity index (χ3n) is 16.0. The van der Waals surface area contributed by atoms with Crippen LogP contribution >= 0.6 is 0 Å². The van der Waals surface area contributed by atoms with Gasteiger partial charge in [0.15, 0.2) is 6.10 Å². The molecule has 0 rings (SSSR count). The monoisotopic (exact) mass is 1130 g/mol. The van der Waals surface area contributed by atoms with E-state index >= 15 is 0 Å². The maximum atomic E-state index is 12.8. The summed E-state index contributed by atoms with van der Waals surface area (Å²) >= 11 is 0. The van der Waals surface area contributed by atoms with Crippen molar-refractivity contribution >= 4 is 17.9 Å². The first-order valence-electron chi connectivity index (χ1n) is 35.8. The molecule has 0 heterocycles. The lowest BCUT2D eigenvalue weighted by Gasteiger charge is -2.18. The van der Waals surface area contributed by atoms with Gasteiger partial charge in [-0.3, -0.25) is 14.4 Å². The van der Waals surface area contributed by atoms with Crippen LogP contribution in [0.1, 0.15) is 380 Å². The van der Waals surface area contributed by atoms with Crippen molar-refractivity contribution in [2.45, 2.75) is 386 Å². The summed E-state index contributed by atoms with van der Waals surface area (Å²) in [4.78, 5) is 38.0. The van der Waals surface area contributed by atoms with E-state index in [4.69, 9.17) is 14.2 Å². The van der Waals surface area contributed by atoms with Gasteiger partial charge in [0.1, 0.15) is 13.2 Å². The second kappa shape index (κ2) is 69.6. The number of hydrogen-bond donors (Lipinski definition) is 0. The van der Waals surface area contributed by atoms with Gasteiger partial charge in [-0.2, -0.15) is 0 Å². The Labute approximate surface area is 504 Å². The van der Waals surface area contributed by atoms with Crippen LogP contribution in [0.25, 0.3) is 0 Å². The summed E-state index contributed by atoms with van der Waals surface area (Å²) in [7, 11) is 0. The Morgan fingerprint density at radius 2 is 0.481 bits per heavy atom. The fourth-order valence-electron chi connectivity index (χ4n) is 10.7. The Hall–Kier alpha value is -2.89. The Morgan fingerprint density at radius 3 is 0.753 bits per heavy atom. The van der Waals surface area contributed by atoms with Crippen LogP contribution in [-0.4, -0.2) is 37.2 Å². The van der Waals surface area contributed by atoms with Crippen molar-refractivity contribution in [1.29, 1.82) is 0 Å². The number of unbranched alkanes of at least 4 members (excludes halogenated alkanes) is 45. The lowest BCUT2D eigenvalue weighted by atomic mass is 10.0. The summed E-state index contributed by atoms with van der Waals surface area (Å²) < 4.78 is 16.8. The van der Waals surface area contributed by atoms with Crippen molar-refractivity contribution in [3.05, 3.63) is 60.8 Å². The Morgan fingerprint density at radius 1 is 0.259 bits per heavy atom. The molecular formula is C75H136O6. The highest BCUT2D eigenvalue weighted by Crippen LogP contribution is 2.19. The molecule has 1 unspecified atom stereocenters. The van der Waals surface area contributed by atoms with Crippen molar-refractivity contribution in [2.75, 3.05) is 13.2 Å². The molecule has 472 valence electrons. The SMILES string of the molecule is CC/C=C\C/C=C\C/C=C\C/C=C\C/C=C\CCCCCCCCCC(=O)OC(COC(=O)CCCCCCC)COC(=O)CCCCCCCCCCCCCCCCCCCCCCCCCCCCCCCCCCCCC. The molecule has 0 spiro atoms. The molecule has 0 saturated carbocycles. The van der Waals surface area contributed by atoms with Crippen molar-refractivity contribution in [1.82, 2.24) is 0 Å². The minimum absolute atomic E-state index is 0.0757. The zero-order valence-corrected chi connectivity index (χ0v) is 54.3. The van der Waals surface area contributed by atoms with Crippen molar-refractivity contribution in [3.8, 4) is 0 Å². The average Bonchev–Trinajstić information content (AvgIpc) is 3.47. The maximum Gasteiger partial charge on any atom is 0.306 e. The molecule has 0 aromatic rings. The van der Waals surface area contributed by atoms with Crippen LogP contribution in [0.3, 0.4) is 0 Å². The summed E-state index contributed by atoms with van der Waals surface area (Å²) in [6, 6.07) is 0. The number of carbonyl (C=O) groups excluding carboxylic acids is 3. The topological polar surface area (TPSA) is 78.9 Å². The highest BCUT2D eigenvalue weighted by Gasteiger charge is 2.19. The maximum absolute atomic E-state index is 12.8. The molecule has 0 N–H and O–H groups in total. The molecule has 0 fully saturated rings. The minimum Gasteiger partial charge on any atom is -0.462 e. The molecule has 6 heteroatoms. The Kier molecular flexibility index (Phi) is 67.1. The fraction of sp³-hybridized carbons (Fsp3) is 0.827. The van der Waals surface area contributed by atoms with Crippen molar-refractivity contribution in [3.63, 3.8) is 0 Å². The first-order chi connectivity index (χ1) is 40.0.